The van der Waals surface area contributed by atoms with E-state index < -0.39 is 23.1 Å². The van der Waals surface area contributed by atoms with Gasteiger partial charge in [0.15, 0.2) is 17.0 Å². The summed E-state index contributed by atoms with van der Waals surface area (Å²) >= 11 is 13.9. The smallest absolute Gasteiger partial charge is 0.322 e. The van der Waals surface area contributed by atoms with Gasteiger partial charge in [-0.15, -0.1) is 11.8 Å². The lowest BCUT2D eigenvalue weighted by atomic mass is 9.61. The quantitative estimate of drug-likeness (QED) is 0.220. The van der Waals surface area contributed by atoms with Crippen molar-refractivity contribution in [2.24, 2.45) is 5.41 Å². The molecule has 0 amide bonds. The predicted octanol–water partition coefficient (Wildman–Crippen LogP) is 6.50. The van der Waals surface area contributed by atoms with Crippen LogP contribution in [-0.4, -0.2) is 29.9 Å². The second-order valence-corrected chi connectivity index (χ2v) is 9.52. The van der Waals surface area contributed by atoms with Crippen LogP contribution in [-0.2, 0) is 9.53 Å². The maximum atomic E-state index is 14.0. The van der Waals surface area contributed by atoms with Crippen LogP contribution in [0.15, 0.2) is 77.7 Å². The maximum Gasteiger partial charge on any atom is 0.322 e. The fourth-order valence-electron chi connectivity index (χ4n) is 4.18. The first kappa shape index (κ1) is 23.6. The van der Waals surface area contributed by atoms with Crippen molar-refractivity contribution in [2.45, 2.75) is 17.7 Å². The number of hydrogen-bond donors (Lipinski definition) is 0. The number of esters is 1. The molecule has 0 saturated heterocycles. The molecule has 3 aromatic carbocycles. The predicted molar refractivity (Wildman–Crippen MR) is 131 cm³/mol. The van der Waals surface area contributed by atoms with Crippen molar-refractivity contribution in [3.63, 3.8) is 0 Å². The van der Waals surface area contributed by atoms with Crippen LogP contribution in [0.3, 0.4) is 0 Å². The second-order valence-electron chi connectivity index (χ2n) is 7.63. The molecule has 0 saturated carbocycles. The Morgan fingerprint density at radius 3 is 2.30 bits per heavy atom. The molecule has 0 aromatic heterocycles. The van der Waals surface area contributed by atoms with Gasteiger partial charge in [0, 0.05) is 31.8 Å². The number of carbonyl (C=O) groups excluding carboxylic acids is 3. The third kappa shape index (κ3) is 4.21. The molecule has 168 valence electrons. The monoisotopic (exact) mass is 498 g/mol. The summed E-state index contributed by atoms with van der Waals surface area (Å²) in [5.41, 5.74) is -0.941. The molecule has 0 bridgehead atoms. The van der Waals surface area contributed by atoms with Crippen LogP contribution >= 0.6 is 35.0 Å². The Kier molecular flexibility index (Phi) is 6.94. The number of halogens is 2. The lowest BCUT2D eigenvalue weighted by Gasteiger charge is -2.40. The Morgan fingerprint density at radius 2 is 1.64 bits per heavy atom. The number of rotatable bonds is 6. The highest BCUT2D eigenvalue weighted by Crippen LogP contribution is 2.51. The van der Waals surface area contributed by atoms with Gasteiger partial charge in [-0.25, -0.2) is 0 Å². The van der Waals surface area contributed by atoms with Crippen molar-refractivity contribution in [3.8, 4) is 0 Å². The van der Waals surface area contributed by atoms with Crippen LogP contribution in [0.4, 0.5) is 0 Å². The van der Waals surface area contributed by atoms with E-state index in [4.69, 9.17) is 27.9 Å². The van der Waals surface area contributed by atoms with Crippen molar-refractivity contribution >= 4 is 52.5 Å². The minimum Gasteiger partial charge on any atom is -0.465 e. The fraction of sp³-hybridized carbons (Fsp3) is 0.192. The van der Waals surface area contributed by atoms with Gasteiger partial charge in [-0.05, 0) is 36.8 Å². The van der Waals surface area contributed by atoms with E-state index in [1.165, 1.54) is 17.8 Å². The maximum absolute atomic E-state index is 14.0. The normalized spacial score (nSPS) is 19.8. The third-order valence-electron chi connectivity index (χ3n) is 5.72. The lowest BCUT2D eigenvalue weighted by molar-refractivity contribution is -0.151. The fourth-order valence-corrected chi connectivity index (χ4v) is 5.86. The van der Waals surface area contributed by atoms with E-state index in [0.717, 1.165) is 4.90 Å². The van der Waals surface area contributed by atoms with E-state index in [2.05, 4.69) is 0 Å². The molecule has 33 heavy (non-hydrogen) atoms. The summed E-state index contributed by atoms with van der Waals surface area (Å²) < 4.78 is 5.43. The van der Waals surface area contributed by atoms with Gasteiger partial charge in [0.2, 0.25) is 0 Å². The van der Waals surface area contributed by atoms with Crippen LogP contribution < -0.4 is 0 Å². The van der Waals surface area contributed by atoms with E-state index in [0.29, 0.717) is 10.6 Å². The van der Waals surface area contributed by atoms with E-state index in [-0.39, 0.29) is 34.3 Å². The highest BCUT2D eigenvalue weighted by molar-refractivity contribution is 7.99. The zero-order valence-electron chi connectivity index (χ0n) is 17.7. The molecule has 0 unspecified atom stereocenters. The standard InChI is InChI=1S/C26H20Cl2O4S/c1-2-32-25(31)26(15-33-17-8-4-3-5-9-17)22(20-13-12-16(27)14-21(20)28)23(29)18-10-6-7-11-19(18)24(26)30/h3-14,22H,2,15H2,1H3/t22-,26+/m1/s1. The van der Waals surface area contributed by atoms with Gasteiger partial charge in [0.1, 0.15) is 0 Å². The number of Topliss-reactive ketones (excluding diaryl/α,β-unsaturated/α-hetero) is 2. The van der Waals surface area contributed by atoms with Gasteiger partial charge in [0.05, 0.1) is 12.5 Å². The number of ketones is 2. The summed E-state index contributed by atoms with van der Waals surface area (Å²) in [5.74, 6) is -2.68. The Bertz CT molecular complexity index is 1230. The highest BCUT2D eigenvalue weighted by atomic mass is 35.5. The van der Waals surface area contributed by atoms with Gasteiger partial charge >= 0.3 is 5.97 Å². The molecule has 2 atom stereocenters. The molecular weight excluding hydrogens is 479 g/mol. The first-order chi connectivity index (χ1) is 15.9. The Hall–Kier alpha value is -2.60. The third-order valence-corrected chi connectivity index (χ3v) is 7.49. The minimum atomic E-state index is -1.79. The Labute approximate surface area is 206 Å². The highest BCUT2D eigenvalue weighted by Gasteiger charge is 2.60. The summed E-state index contributed by atoms with van der Waals surface area (Å²) in [4.78, 5) is 42.4. The minimum absolute atomic E-state index is 0.0123. The summed E-state index contributed by atoms with van der Waals surface area (Å²) in [5, 5.41) is 0.602. The van der Waals surface area contributed by atoms with E-state index >= 15 is 0 Å². The van der Waals surface area contributed by atoms with Crippen LogP contribution in [0.1, 0.15) is 39.1 Å². The molecule has 3 aromatic rings. The average molecular weight is 499 g/mol. The van der Waals surface area contributed by atoms with Crippen LogP contribution in [0.2, 0.25) is 10.0 Å². The molecule has 0 aliphatic heterocycles. The molecule has 1 aliphatic carbocycles. The summed E-state index contributed by atoms with van der Waals surface area (Å²) in [6, 6.07) is 20.7. The van der Waals surface area contributed by atoms with Gasteiger partial charge in [-0.1, -0.05) is 71.7 Å². The zero-order chi connectivity index (χ0) is 23.6. The van der Waals surface area contributed by atoms with E-state index in [1.54, 1.807) is 43.3 Å². The van der Waals surface area contributed by atoms with Crippen molar-refractivity contribution < 1.29 is 19.1 Å². The van der Waals surface area contributed by atoms with Gasteiger partial charge < -0.3 is 4.74 Å². The van der Waals surface area contributed by atoms with Crippen LogP contribution in [0.25, 0.3) is 0 Å². The SMILES string of the molecule is CCOC(=O)[C@]1(CSc2ccccc2)C(=O)c2ccccc2C(=O)[C@H]1c1ccc(Cl)cc1Cl. The number of ether oxygens (including phenoxy) is 1. The lowest BCUT2D eigenvalue weighted by Crippen LogP contribution is -2.53. The van der Waals surface area contributed by atoms with E-state index in [1.807, 2.05) is 30.3 Å². The molecule has 0 radical (unpaired) electrons. The molecule has 0 spiro atoms. The average Bonchev–Trinajstić information content (AvgIpc) is 2.82. The molecule has 4 nitrogen and oxygen atoms in total. The Morgan fingerprint density at radius 1 is 0.970 bits per heavy atom. The summed E-state index contributed by atoms with van der Waals surface area (Å²) in [6.07, 6.45) is 0. The van der Waals surface area contributed by atoms with Crippen molar-refractivity contribution in [2.75, 3.05) is 12.4 Å². The van der Waals surface area contributed by atoms with Crippen LogP contribution in [0.5, 0.6) is 0 Å². The van der Waals surface area contributed by atoms with Crippen molar-refractivity contribution in [3.05, 3.63) is 99.5 Å². The molecule has 4 rings (SSSR count). The topological polar surface area (TPSA) is 60.4 Å². The van der Waals surface area contributed by atoms with Crippen molar-refractivity contribution in [1.29, 1.82) is 0 Å². The summed E-state index contributed by atoms with van der Waals surface area (Å²) in [6.45, 7) is 1.74. The number of hydrogen-bond acceptors (Lipinski definition) is 5. The first-order valence-corrected chi connectivity index (χ1v) is 12.1. The summed E-state index contributed by atoms with van der Waals surface area (Å²) in [7, 11) is 0. The van der Waals surface area contributed by atoms with Crippen molar-refractivity contribution in [1.82, 2.24) is 0 Å². The molecule has 7 heteroatoms. The van der Waals surface area contributed by atoms with Crippen LogP contribution in [0, 0.1) is 5.41 Å². The molecular formula is C26H20Cl2O4S. The molecule has 0 N–H and O–H groups in total. The van der Waals surface area contributed by atoms with Gasteiger partial charge in [-0.3, -0.25) is 14.4 Å². The number of carbonyl (C=O) groups is 3. The zero-order valence-corrected chi connectivity index (χ0v) is 20.0. The first-order valence-electron chi connectivity index (χ1n) is 10.4. The van der Waals surface area contributed by atoms with Gasteiger partial charge in [0.25, 0.3) is 0 Å². The number of thioether (sulfide) groups is 1. The second kappa shape index (κ2) is 9.72. The number of fused-ring (bicyclic) bond motifs is 1. The number of benzene rings is 3. The molecule has 0 heterocycles. The van der Waals surface area contributed by atoms with E-state index in [9.17, 15) is 14.4 Å². The Balaban J connectivity index is 1.96. The van der Waals surface area contributed by atoms with Gasteiger partial charge in [-0.2, -0.15) is 0 Å². The molecule has 0 fully saturated rings. The largest absolute Gasteiger partial charge is 0.465 e. The molecule has 1 aliphatic rings.